The first-order valence-electron chi connectivity index (χ1n) is 8.92. The number of hydrogen-bond donors (Lipinski definition) is 1. The van der Waals surface area contributed by atoms with Gasteiger partial charge in [0.05, 0.1) is 0 Å². The zero-order valence-electron chi connectivity index (χ0n) is 14.4. The smallest absolute Gasteiger partial charge is 0.0348 e. The van der Waals surface area contributed by atoms with E-state index in [1.165, 1.54) is 43.2 Å². The quantitative estimate of drug-likeness (QED) is 0.742. The maximum Gasteiger partial charge on any atom is 0.0348 e. The SMILES string of the molecule is CCNC(c1cccc(CC(C)C)c1)C1CCCC(C)C1. The molecule has 1 aromatic rings. The van der Waals surface area contributed by atoms with Crippen molar-refractivity contribution in [2.24, 2.45) is 17.8 Å². The molecule has 1 fully saturated rings. The molecule has 1 nitrogen and oxygen atoms in total. The van der Waals surface area contributed by atoms with Crippen LogP contribution < -0.4 is 5.32 Å². The van der Waals surface area contributed by atoms with Gasteiger partial charge in [-0.2, -0.15) is 0 Å². The van der Waals surface area contributed by atoms with Crippen molar-refractivity contribution in [2.45, 2.75) is 65.8 Å². The standard InChI is InChI=1S/C20H33N/c1-5-21-20(18-10-6-8-16(4)13-18)19-11-7-9-17(14-19)12-15(2)3/h7,9,11,14-16,18,20-21H,5-6,8,10,12-13H2,1-4H3. The third-order valence-corrected chi connectivity index (χ3v) is 4.83. The van der Waals surface area contributed by atoms with E-state index in [-0.39, 0.29) is 0 Å². The summed E-state index contributed by atoms with van der Waals surface area (Å²) in [4.78, 5) is 0. The Morgan fingerprint density at radius 3 is 2.71 bits per heavy atom. The van der Waals surface area contributed by atoms with Crippen molar-refractivity contribution >= 4 is 0 Å². The van der Waals surface area contributed by atoms with E-state index in [2.05, 4.69) is 57.3 Å². The van der Waals surface area contributed by atoms with Gasteiger partial charge in [-0.25, -0.2) is 0 Å². The molecular weight excluding hydrogens is 254 g/mol. The topological polar surface area (TPSA) is 12.0 Å². The van der Waals surface area contributed by atoms with Crippen molar-refractivity contribution in [1.29, 1.82) is 0 Å². The Kier molecular flexibility index (Phi) is 6.29. The highest BCUT2D eigenvalue weighted by molar-refractivity contribution is 5.27. The van der Waals surface area contributed by atoms with E-state index in [1.807, 2.05) is 0 Å². The van der Waals surface area contributed by atoms with Crippen molar-refractivity contribution in [3.8, 4) is 0 Å². The average Bonchev–Trinajstić information content (AvgIpc) is 2.44. The molecule has 0 aliphatic heterocycles. The largest absolute Gasteiger partial charge is 0.310 e. The van der Waals surface area contributed by atoms with Gasteiger partial charge in [-0.15, -0.1) is 0 Å². The fraction of sp³-hybridized carbons (Fsp3) is 0.700. The molecule has 0 spiro atoms. The summed E-state index contributed by atoms with van der Waals surface area (Å²) in [6.07, 6.45) is 6.78. The van der Waals surface area contributed by atoms with Gasteiger partial charge in [-0.05, 0) is 54.7 Å². The molecule has 1 N–H and O–H groups in total. The number of benzene rings is 1. The molecule has 3 atom stereocenters. The third kappa shape index (κ3) is 4.85. The van der Waals surface area contributed by atoms with E-state index in [0.29, 0.717) is 6.04 Å². The summed E-state index contributed by atoms with van der Waals surface area (Å²) >= 11 is 0. The fourth-order valence-electron chi connectivity index (χ4n) is 3.95. The monoisotopic (exact) mass is 287 g/mol. The van der Waals surface area contributed by atoms with Crippen LogP contribution >= 0.6 is 0 Å². The van der Waals surface area contributed by atoms with Crippen LogP contribution in [-0.2, 0) is 6.42 Å². The van der Waals surface area contributed by atoms with E-state index in [0.717, 1.165) is 24.3 Å². The molecule has 0 heterocycles. The Balaban J connectivity index is 2.16. The van der Waals surface area contributed by atoms with E-state index in [1.54, 1.807) is 0 Å². The maximum atomic E-state index is 3.77. The number of nitrogens with one attached hydrogen (secondary N) is 1. The molecule has 0 radical (unpaired) electrons. The maximum absolute atomic E-state index is 3.77. The summed E-state index contributed by atoms with van der Waals surface area (Å²) in [6, 6.07) is 9.87. The lowest BCUT2D eigenvalue weighted by atomic mass is 9.76. The van der Waals surface area contributed by atoms with Crippen molar-refractivity contribution in [1.82, 2.24) is 5.32 Å². The summed E-state index contributed by atoms with van der Waals surface area (Å²) in [5.41, 5.74) is 3.00. The minimum absolute atomic E-state index is 0.546. The molecule has 1 aromatic carbocycles. The molecule has 1 aliphatic carbocycles. The predicted molar refractivity (Wildman–Crippen MR) is 92.5 cm³/mol. The molecule has 1 saturated carbocycles. The van der Waals surface area contributed by atoms with Crippen LogP contribution in [0.15, 0.2) is 24.3 Å². The Bertz CT molecular complexity index is 424. The van der Waals surface area contributed by atoms with Gasteiger partial charge in [0.25, 0.3) is 0 Å². The van der Waals surface area contributed by atoms with E-state index < -0.39 is 0 Å². The Hall–Kier alpha value is -0.820. The van der Waals surface area contributed by atoms with Crippen LogP contribution in [-0.4, -0.2) is 6.54 Å². The second-order valence-electron chi connectivity index (χ2n) is 7.41. The predicted octanol–water partition coefficient (Wildman–Crippen LogP) is 5.36. The second kappa shape index (κ2) is 7.98. The summed E-state index contributed by atoms with van der Waals surface area (Å²) < 4.78 is 0. The first-order valence-corrected chi connectivity index (χ1v) is 8.92. The average molecular weight is 287 g/mol. The second-order valence-corrected chi connectivity index (χ2v) is 7.41. The van der Waals surface area contributed by atoms with Crippen LogP contribution in [0.1, 0.15) is 70.5 Å². The molecule has 21 heavy (non-hydrogen) atoms. The Labute approximate surface area is 131 Å². The lowest BCUT2D eigenvalue weighted by Crippen LogP contribution is -2.31. The summed E-state index contributed by atoms with van der Waals surface area (Å²) in [6.45, 7) is 10.3. The van der Waals surface area contributed by atoms with E-state index in [9.17, 15) is 0 Å². The molecule has 0 saturated heterocycles. The van der Waals surface area contributed by atoms with Gasteiger partial charge in [-0.3, -0.25) is 0 Å². The molecular formula is C20H33N. The minimum Gasteiger partial charge on any atom is -0.310 e. The molecule has 0 amide bonds. The summed E-state index contributed by atoms with van der Waals surface area (Å²) in [7, 11) is 0. The lowest BCUT2D eigenvalue weighted by molar-refractivity contribution is 0.225. The Morgan fingerprint density at radius 2 is 2.05 bits per heavy atom. The van der Waals surface area contributed by atoms with Crippen molar-refractivity contribution in [3.05, 3.63) is 35.4 Å². The van der Waals surface area contributed by atoms with Gasteiger partial charge in [0.2, 0.25) is 0 Å². The molecule has 0 bridgehead atoms. The molecule has 118 valence electrons. The van der Waals surface area contributed by atoms with Crippen LogP contribution in [0.4, 0.5) is 0 Å². The normalized spacial score (nSPS) is 24.2. The van der Waals surface area contributed by atoms with Crippen LogP contribution in [0.2, 0.25) is 0 Å². The zero-order valence-corrected chi connectivity index (χ0v) is 14.4. The van der Waals surface area contributed by atoms with Crippen LogP contribution in [0.25, 0.3) is 0 Å². The minimum atomic E-state index is 0.546. The summed E-state index contributed by atoms with van der Waals surface area (Å²) in [5, 5.41) is 3.77. The molecule has 1 heteroatoms. The lowest BCUT2D eigenvalue weighted by Gasteiger charge is -2.34. The van der Waals surface area contributed by atoms with Gasteiger partial charge < -0.3 is 5.32 Å². The van der Waals surface area contributed by atoms with E-state index >= 15 is 0 Å². The van der Waals surface area contributed by atoms with Gasteiger partial charge in [0.1, 0.15) is 0 Å². The van der Waals surface area contributed by atoms with Gasteiger partial charge in [0, 0.05) is 6.04 Å². The molecule has 1 aliphatic rings. The van der Waals surface area contributed by atoms with Crippen molar-refractivity contribution < 1.29 is 0 Å². The van der Waals surface area contributed by atoms with E-state index in [4.69, 9.17) is 0 Å². The van der Waals surface area contributed by atoms with Gasteiger partial charge in [0.15, 0.2) is 0 Å². The van der Waals surface area contributed by atoms with Crippen molar-refractivity contribution in [3.63, 3.8) is 0 Å². The Morgan fingerprint density at radius 1 is 1.24 bits per heavy atom. The number of rotatable bonds is 6. The van der Waals surface area contributed by atoms with Gasteiger partial charge >= 0.3 is 0 Å². The zero-order chi connectivity index (χ0) is 15.2. The highest BCUT2D eigenvalue weighted by atomic mass is 14.9. The third-order valence-electron chi connectivity index (χ3n) is 4.83. The van der Waals surface area contributed by atoms with Crippen LogP contribution in [0.5, 0.6) is 0 Å². The van der Waals surface area contributed by atoms with Crippen LogP contribution in [0.3, 0.4) is 0 Å². The highest BCUT2D eigenvalue weighted by Crippen LogP contribution is 2.37. The van der Waals surface area contributed by atoms with Crippen LogP contribution in [0, 0.1) is 17.8 Å². The number of hydrogen-bond acceptors (Lipinski definition) is 1. The highest BCUT2D eigenvalue weighted by Gasteiger charge is 2.27. The first kappa shape index (κ1) is 16.5. The van der Waals surface area contributed by atoms with Crippen molar-refractivity contribution in [2.75, 3.05) is 6.54 Å². The van der Waals surface area contributed by atoms with Gasteiger partial charge in [-0.1, -0.05) is 64.8 Å². The molecule has 3 unspecified atom stereocenters. The first-order chi connectivity index (χ1) is 10.1. The molecule has 0 aromatic heterocycles. The fourth-order valence-corrected chi connectivity index (χ4v) is 3.95. The summed E-state index contributed by atoms with van der Waals surface area (Å²) in [5.74, 6) is 2.43. The molecule has 2 rings (SSSR count).